The van der Waals surface area contributed by atoms with Crippen LogP contribution < -0.4 is 5.32 Å². The van der Waals surface area contributed by atoms with Crippen LogP contribution in [-0.2, 0) is 23.4 Å². The third kappa shape index (κ3) is 4.61. The van der Waals surface area contributed by atoms with Crippen molar-refractivity contribution in [1.29, 1.82) is 0 Å². The van der Waals surface area contributed by atoms with E-state index in [9.17, 15) is 8.42 Å². The van der Waals surface area contributed by atoms with Gasteiger partial charge in [0.25, 0.3) is 0 Å². The molecule has 0 radical (unpaired) electrons. The fourth-order valence-electron chi connectivity index (χ4n) is 2.22. The molecule has 0 bridgehead atoms. The van der Waals surface area contributed by atoms with Crippen molar-refractivity contribution in [2.75, 3.05) is 24.3 Å². The molecule has 1 N–H and O–H groups in total. The first-order valence-electron chi connectivity index (χ1n) is 6.38. The third-order valence-corrected chi connectivity index (χ3v) is 6.41. The van der Waals surface area contributed by atoms with Crippen LogP contribution in [0.3, 0.4) is 0 Å². The van der Waals surface area contributed by atoms with Crippen LogP contribution in [0, 0.1) is 5.92 Å². The highest BCUT2D eigenvalue weighted by molar-refractivity contribution is 7.99. The lowest BCUT2D eigenvalue weighted by atomic mass is 10.1. The number of aromatic nitrogens is 3. The summed E-state index contributed by atoms with van der Waals surface area (Å²) in [7, 11) is 0.991. The van der Waals surface area contributed by atoms with Crippen molar-refractivity contribution in [3.8, 4) is 0 Å². The molecular formula is C11H21ClN4O2S2. The Morgan fingerprint density at radius 3 is 2.85 bits per heavy atom. The van der Waals surface area contributed by atoms with Gasteiger partial charge in [-0.1, -0.05) is 11.8 Å². The van der Waals surface area contributed by atoms with Gasteiger partial charge in [0.05, 0.1) is 18.1 Å². The molecule has 2 heterocycles. The molecule has 1 aromatic rings. The van der Waals surface area contributed by atoms with Gasteiger partial charge < -0.3 is 9.88 Å². The lowest BCUT2D eigenvalue weighted by molar-refractivity contribution is 0.520. The molecule has 6 nitrogen and oxygen atoms in total. The predicted molar refractivity (Wildman–Crippen MR) is 83.1 cm³/mol. The fourth-order valence-corrected chi connectivity index (χ4v) is 5.22. The maximum Gasteiger partial charge on any atom is 0.190 e. The highest BCUT2D eigenvalue weighted by atomic mass is 35.5. The summed E-state index contributed by atoms with van der Waals surface area (Å²) in [6.07, 6.45) is 1.78. The van der Waals surface area contributed by atoms with Crippen molar-refractivity contribution in [3.05, 3.63) is 5.82 Å². The van der Waals surface area contributed by atoms with E-state index in [1.54, 1.807) is 11.8 Å². The van der Waals surface area contributed by atoms with Crippen molar-refractivity contribution in [2.45, 2.75) is 24.5 Å². The first kappa shape index (κ1) is 17.7. The van der Waals surface area contributed by atoms with Crippen molar-refractivity contribution >= 4 is 34.0 Å². The van der Waals surface area contributed by atoms with Crippen LogP contribution in [0.15, 0.2) is 5.16 Å². The second kappa shape index (κ2) is 7.63. The van der Waals surface area contributed by atoms with Gasteiger partial charge in [0.15, 0.2) is 15.0 Å². The van der Waals surface area contributed by atoms with Gasteiger partial charge in [0.1, 0.15) is 5.82 Å². The molecule has 116 valence electrons. The highest BCUT2D eigenvalue weighted by Crippen LogP contribution is 2.25. The molecule has 1 aromatic heterocycles. The van der Waals surface area contributed by atoms with E-state index in [-0.39, 0.29) is 18.3 Å². The molecule has 0 spiro atoms. The quantitative estimate of drug-likeness (QED) is 0.802. The predicted octanol–water partition coefficient (Wildman–Crippen LogP) is 0.873. The number of thioether (sulfide) groups is 1. The van der Waals surface area contributed by atoms with Crippen LogP contribution in [0.5, 0.6) is 0 Å². The van der Waals surface area contributed by atoms with Gasteiger partial charge in [-0.15, -0.1) is 22.6 Å². The summed E-state index contributed by atoms with van der Waals surface area (Å²) < 4.78 is 25.1. The highest BCUT2D eigenvalue weighted by Gasteiger charge is 2.25. The summed E-state index contributed by atoms with van der Waals surface area (Å²) in [5, 5.41) is 12.1. The van der Waals surface area contributed by atoms with Crippen LogP contribution in [0.1, 0.15) is 18.7 Å². The summed E-state index contributed by atoms with van der Waals surface area (Å²) in [6, 6.07) is 0. The Bertz CT molecular complexity index is 533. The summed E-state index contributed by atoms with van der Waals surface area (Å²) in [5.41, 5.74) is 0. The maximum absolute atomic E-state index is 11.6. The Morgan fingerprint density at radius 1 is 1.45 bits per heavy atom. The number of hydrogen-bond donors (Lipinski definition) is 1. The SMILES string of the molecule is CNCc1nnc(SCC2CCCS(=O)(=O)C2)n1C.Cl. The molecule has 1 aliphatic heterocycles. The summed E-state index contributed by atoms with van der Waals surface area (Å²) in [6.45, 7) is 0.682. The number of halogens is 1. The molecule has 1 saturated heterocycles. The first-order chi connectivity index (χ1) is 9.02. The van der Waals surface area contributed by atoms with Crippen molar-refractivity contribution in [1.82, 2.24) is 20.1 Å². The summed E-state index contributed by atoms with van der Waals surface area (Å²) >= 11 is 1.60. The molecule has 2 rings (SSSR count). The average molecular weight is 341 g/mol. The molecule has 9 heteroatoms. The maximum atomic E-state index is 11.6. The van der Waals surface area contributed by atoms with Crippen LogP contribution in [0.2, 0.25) is 0 Å². The van der Waals surface area contributed by atoms with Crippen molar-refractivity contribution in [2.24, 2.45) is 13.0 Å². The Labute approximate surface area is 130 Å². The van der Waals surface area contributed by atoms with Crippen LogP contribution in [0.4, 0.5) is 0 Å². The molecule has 0 aliphatic carbocycles. The minimum atomic E-state index is -2.82. The van der Waals surface area contributed by atoms with E-state index in [4.69, 9.17) is 0 Å². The third-order valence-electron chi connectivity index (χ3n) is 3.27. The number of hydrogen-bond acceptors (Lipinski definition) is 6. The van der Waals surface area contributed by atoms with Crippen LogP contribution >= 0.6 is 24.2 Å². The van der Waals surface area contributed by atoms with E-state index in [1.165, 1.54) is 0 Å². The zero-order valence-electron chi connectivity index (χ0n) is 11.7. The Kier molecular flexibility index (Phi) is 6.77. The molecule has 0 saturated carbocycles. The van der Waals surface area contributed by atoms with Gasteiger partial charge in [0.2, 0.25) is 0 Å². The Balaban J connectivity index is 0.00000200. The van der Waals surface area contributed by atoms with Gasteiger partial charge >= 0.3 is 0 Å². The second-order valence-electron chi connectivity index (χ2n) is 4.92. The molecule has 20 heavy (non-hydrogen) atoms. The largest absolute Gasteiger partial charge is 0.313 e. The smallest absolute Gasteiger partial charge is 0.190 e. The standard InChI is InChI=1S/C11H20N4O2S2.ClH/c1-12-6-10-13-14-11(15(10)2)18-7-9-4-3-5-19(16,17)8-9;/h9,12H,3-8H2,1-2H3;1H. The molecular weight excluding hydrogens is 320 g/mol. The second-order valence-corrected chi connectivity index (χ2v) is 8.14. The summed E-state index contributed by atoms with van der Waals surface area (Å²) in [4.78, 5) is 0. The van der Waals surface area contributed by atoms with Crippen LogP contribution in [0.25, 0.3) is 0 Å². The molecule has 1 atom stereocenters. The Hall–Kier alpha value is -0.310. The number of nitrogens with one attached hydrogen (secondary N) is 1. The van der Waals surface area contributed by atoms with Crippen molar-refractivity contribution in [3.63, 3.8) is 0 Å². The first-order valence-corrected chi connectivity index (χ1v) is 9.18. The average Bonchev–Trinajstić information content (AvgIpc) is 2.68. The van der Waals surface area contributed by atoms with Crippen LogP contribution in [-0.4, -0.2) is 47.5 Å². The van der Waals surface area contributed by atoms with E-state index >= 15 is 0 Å². The number of nitrogens with zero attached hydrogens (tertiary/aromatic N) is 3. The molecule has 0 aromatic carbocycles. The lowest BCUT2D eigenvalue weighted by Gasteiger charge is -2.21. The Morgan fingerprint density at radius 2 is 2.20 bits per heavy atom. The fraction of sp³-hybridized carbons (Fsp3) is 0.818. The minimum Gasteiger partial charge on any atom is -0.313 e. The molecule has 0 amide bonds. The van der Waals surface area contributed by atoms with E-state index in [2.05, 4.69) is 15.5 Å². The lowest BCUT2D eigenvalue weighted by Crippen LogP contribution is -2.26. The van der Waals surface area contributed by atoms with E-state index in [1.807, 2.05) is 18.7 Å². The van der Waals surface area contributed by atoms with E-state index < -0.39 is 9.84 Å². The van der Waals surface area contributed by atoms with Gasteiger partial charge in [-0.05, 0) is 25.8 Å². The number of rotatable bonds is 5. The normalized spacial score (nSPS) is 21.4. The van der Waals surface area contributed by atoms with Gasteiger partial charge in [0, 0.05) is 12.8 Å². The van der Waals surface area contributed by atoms with E-state index in [0.29, 0.717) is 18.1 Å². The zero-order chi connectivity index (χ0) is 13.9. The zero-order valence-corrected chi connectivity index (χ0v) is 14.2. The van der Waals surface area contributed by atoms with Gasteiger partial charge in [-0.25, -0.2) is 8.42 Å². The van der Waals surface area contributed by atoms with Gasteiger partial charge in [-0.2, -0.15) is 0 Å². The van der Waals surface area contributed by atoms with Crippen molar-refractivity contribution < 1.29 is 8.42 Å². The minimum absolute atomic E-state index is 0. The molecule has 1 fully saturated rings. The van der Waals surface area contributed by atoms with Gasteiger partial charge in [-0.3, -0.25) is 0 Å². The monoisotopic (exact) mass is 340 g/mol. The topological polar surface area (TPSA) is 76.9 Å². The molecule has 1 unspecified atom stereocenters. The number of sulfone groups is 1. The molecule has 1 aliphatic rings. The summed E-state index contributed by atoms with van der Waals surface area (Å²) in [5.74, 6) is 2.60. The van der Waals surface area contributed by atoms with E-state index in [0.717, 1.165) is 29.6 Å².